The van der Waals surface area contributed by atoms with Crippen LogP contribution in [0.1, 0.15) is 73.1 Å². The zero-order valence-electron chi connectivity index (χ0n) is 36.5. The van der Waals surface area contributed by atoms with E-state index in [1.165, 1.54) is 118 Å². The Labute approximate surface area is 371 Å². The molecule has 9 aromatic carbocycles. The molecule has 0 saturated carbocycles. The first-order valence-electron chi connectivity index (χ1n) is 22.6. The van der Waals surface area contributed by atoms with E-state index >= 15 is 0 Å². The molecule has 9 aromatic rings. The monoisotopic (exact) mass is 810 g/mol. The molecule has 2 nitrogen and oxygen atoms in total. The number of aryl methyl sites for hydroxylation is 1. The second kappa shape index (κ2) is 14.2. The maximum atomic E-state index is 2.53. The molecule has 0 atom stereocenters. The van der Waals surface area contributed by atoms with Crippen LogP contribution in [0.5, 0.6) is 0 Å². The van der Waals surface area contributed by atoms with E-state index in [2.05, 4.69) is 232 Å². The van der Waals surface area contributed by atoms with Gasteiger partial charge in [-0.3, -0.25) is 0 Å². The third kappa shape index (κ3) is 5.77. The summed E-state index contributed by atoms with van der Waals surface area (Å²) < 4.78 is 0. The van der Waals surface area contributed by atoms with Crippen LogP contribution in [-0.4, -0.2) is 6.54 Å². The molecule has 0 bridgehead atoms. The summed E-state index contributed by atoms with van der Waals surface area (Å²) in [5.41, 5.74) is 20.7. The number of nitrogens with zero attached hydrogens (tertiary/aromatic N) is 2. The first kappa shape index (κ1) is 37.6. The van der Waals surface area contributed by atoms with Gasteiger partial charge in [0.15, 0.2) is 0 Å². The molecule has 0 aromatic heterocycles. The van der Waals surface area contributed by atoms with Crippen molar-refractivity contribution in [2.75, 3.05) is 16.3 Å². The van der Waals surface area contributed by atoms with Gasteiger partial charge in [-0.15, -0.1) is 0 Å². The first-order chi connectivity index (χ1) is 30.8. The summed E-state index contributed by atoms with van der Waals surface area (Å²) in [5, 5.41) is 5.00. The van der Waals surface area contributed by atoms with Crippen LogP contribution in [0.15, 0.2) is 182 Å². The van der Waals surface area contributed by atoms with Crippen molar-refractivity contribution in [1.29, 1.82) is 0 Å². The predicted octanol–water partition coefficient (Wildman–Crippen LogP) is 16.3. The van der Waals surface area contributed by atoms with Crippen molar-refractivity contribution >= 4 is 62.1 Å². The van der Waals surface area contributed by atoms with E-state index in [4.69, 9.17) is 0 Å². The average Bonchev–Trinajstić information content (AvgIpc) is 3.55. The lowest BCUT2D eigenvalue weighted by Crippen LogP contribution is -2.30. The summed E-state index contributed by atoms with van der Waals surface area (Å²) in [6.07, 6.45) is 6.87. The summed E-state index contributed by atoms with van der Waals surface area (Å²) in [5.74, 6) is 0. The molecule has 0 unspecified atom stereocenters. The van der Waals surface area contributed by atoms with E-state index < -0.39 is 0 Å². The van der Waals surface area contributed by atoms with Crippen molar-refractivity contribution < 1.29 is 0 Å². The van der Waals surface area contributed by atoms with Gasteiger partial charge in [-0.25, -0.2) is 0 Å². The lowest BCUT2D eigenvalue weighted by molar-refractivity contribution is 0.632. The highest BCUT2D eigenvalue weighted by Crippen LogP contribution is 2.56. The molecule has 0 N–H and O–H groups in total. The van der Waals surface area contributed by atoms with Crippen molar-refractivity contribution in [1.82, 2.24) is 0 Å². The third-order valence-electron chi connectivity index (χ3n) is 14.5. The summed E-state index contributed by atoms with van der Waals surface area (Å²) in [7, 11) is 0. The molecule has 0 radical (unpaired) electrons. The molecule has 2 heterocycles. The van der Waals surface area contributed by atoms with Crippen molar-refractivity contribution in [3.8, 4) is 22.3 Å². The summed E-state index contributed by atoms with van der Waals surface area (Å²) in [6.45, 7) is 10.6. The average molecular weight is 811 g/mol. The minimum absolute atomic E-state index is 0.0973. The number of rotatable bonds is 5. The van der Waals surface area contributed by atoms with Gasteiger partial charge in [0, 0.05) is 39.5 Å². The smallest absolute Gasteiger partial charge is 0.0619 e. The molecule has 0 fully saturated rings. The Hall–Kier alpha value is -7.16. The topological polar surface area (TPSA) is 6.48 Å². The third-order valence-corrected chi connectivity index (χ3v) is 14.5. The number of benzene rings is 9. The van der Waals surface area contributed by atoms with Crippen LogP contribution >= 0.6 is 0 Å². The highest BCUT2D eigenvalue weighted by atomic mass is 15.2. The van der Waals surface area contributed by atoms with E-state index in [0.29, 0.717) is 0 Å². The number of hydrogen-bond donors (Lipinski definition) is 0. The van der Waals surface area contributed by atoms with Gasteiger partial charge >= 0.3 is 0 Å². The fraction of sp³-hybridized carbons (Fsp3) is 0.148. The van der Waals surface area contributed by atoms with Crippen molar-refractivity contribution in [3.05, 3.63) is 221 Å². The maximum absolute atomic E-state index is 2.53. The molecule has 0 saturated heterocycles. The van der Waals surface area contributed by atoms with Gasteiger partial charge < -0.3 is 9.80 Å². The quantitative estimate of drug-likeness (QED) is 0.126. The molecule has 12 rings (SSSR count). The number of anilines is 5. The Bertz CT molecular complexity index is 3220. The van der Waals surface area contributed by atoms with Crippen LogP contribution in [0, 0.1) is 0 Å². The number of para-hydroxylation sites is 3. The molecule has 304 valence electrons. The zero-order chi connectivity index (χ0) is 42.5. The second-order valence-electron chi connectivity index (χ2n) is 18.8. The highest BCUT2D eigenvalue weighted by molar-refractivity contribution is 6.22. The lowest BCUT2D eigenvalue weighted by atomic mass is 9.73. The Balaban J connectivity index is 0.887. The molecule has 0 spiro atoms. The second-order valence-corrected chi connectivity index (χ2v) is 18.8. The van der Waals surface area contributed by atoms with Gasteiger partial charge in [-0.05, 0) is 115 Å². The van der Waals surface area contributed by atoms with Gasteiger partial charge in [0.1, 0.15) is 0 Å². The minimum Gasteiger partial charge on any atom is -0.341 e. The highest BCUT2D eigenvalue weighted by Gasteiger charge is 2.38. The number of fused-ring (bicyclic) bond motifs is 8. The van der Waals surface area contributed by atoms with Crippen LogP contribution in [0.25, 0.3) is 56.0 Å². The molecule has 1 aliphatic carbocycles. The van der Waals surface area contributed by atoms with E-state index in [1.807, 2.05) is 0 Å². The Morgan fingerprint density at radius 2 is 0.952 bits per heavy atom. The SMILES string of the molecule is CC1(C)c2cc(C=Cc3ccc(-c4c5ccccc5c(N5c6ccccc6C(C)(C)c6ccccc65)c5ccccc45)cc3)ccc2-c2ccc(N3CCCc4ccccc43)cc21. The molecule has 0 amide bonds. The summed E-state index contributed by atoms with van der Waals surface area (Å²) >= 11 is 0. The van der Waals surface area contributed by atoms with Gasteiger partial charge in [-0.1, -0.05) is 192 Å². The van der Waals surface area contributed by atoms with E-state index in [0.717, 1.165) is 13.0 Å². The standard InChI is InChI=1S/C61H50N2/c1-60(2)51-22-10-13-25-56(51)63(57-26-14-11-23-52(57)60)59-49-20-8-6-18-47(49)58(48-19-7-9-21-50(48)59)43-32-29-40(30-33-43)27-28-41-31-35-45-46-36-34-44(39-54(46)61(3,4)53(45)38-41)62-37-15-17-42-16-5-12-24-55(42)62/h5-14,16,18-36,38-39H,15,17,37H2,1-4H3. The molecule has 2 aliphatic heterocycles. The van der Waals surface area contributed by atoms with Crippen LogP contribution in [0.2, 0.25) is 0 Å². The van der Waals surface area contributed by atoms with E-state index in [9.17, 15) is 0 Å². The first-order valence-corrected chi connectivity index (χ1v) is 22.6. The molecular weight excluding hydrogens is 761 g/mol. The van der Waals surface area contributed by atoms with Gasteiger partial charge in [-0.2, -0.15) is 0 Å². The lowest BCUT2D eigenvalue weighted by Gasteiger charge is -2.42. The van der Waals surface area contributed by atoms with Gasteiger partial charge in [0.05, 0.1) is 17.1 Å². The fourth-order valence-corrected chi connectivity index (χ4v) is 11.3. The molecule has 3 aliphatic rings. The van der Waals surface area contributed by atoms with Crippen molar-refractivity contribution in [3.63, 3.8) is 0 Å². The van der Waals surface area contributed by atoms with Gasteiger partial charge in [0.2, 0.25) is 0 Å². The van der Waals surface area contributed by atoms with Crippen LogP contribution in [-0.2, 0) is 17.3 Å². The minimum atomic E-state index is -0.125. The van der Waals surface area contributed by atoms with Crippen LogP contribution in [0.4, 0.5) is 28.4 Å². The normalized spacial score (nSPS) is 15.6. The van der Waals surface area contributed by atoms with Gasteiger partial charge in [0.25, 0.3) is 0 Å². The van der Waals surface area contributed by atoms with E-state index in [1.54, 1.807) is 0 Å². The molecule has 63 heavy (non-hydrogen) atoms. The summed E-state index contributed by atoms with van der Waals surface area (Å²) in [4.78, 5) is 5.05. The van der Waals surface area contributed by atoms with E-state index in [-0.39, 0.29) is 10.8 Å². The Kier molecular flexibility index (Phi) is 8.47. The largest absolute Gasteiger partial charge is 0.341 e. The predicted molar refractivity (Wildman–Crippen MR) is 268 cm³/mol. The zero-order valence-corrected chi connectivity index (χ0v) is 36.5. The number of hydrogen-bond acceptors (Lipinski definition) is 2. The molecule has 2 heteroatoms. The maximum Gasteiger partial charge on any atom is 0.0619 e. The fourth-order valence-electron chi connectivity index (χ4n) is 11.3. The molecular formula is C61H50N2. The van der Waals surface area contributed by atoms with Crippen LogP contribution in [0.3, 0.4) is 0 Å². The summed E-state index contributed by atoms with van der Waals surface area (Å²) in [6, 6.07) is 68.2. The Morgan fingerprint density at radius 3 is 1.62 bits per heavy atom. The van der Waals surface area contributed by atoms with Crippen molar-refractivity contribution in [2.24, 2.45) is 0 Å². The Morgan fingerprint density at radius 1 is 0.444 bits per heavy atom. The van der Waals surface area contributed by atoms with Crippen molar-refractivity contribution in [2.45, 2.75) is 51.4 Å². The van der Waals surface area contributed by atoms with Crippen LogP contribution < -0.4 is 9.80 Å².